The van der Waals surface area contributed by atoms with Gasteiger partial charge in [-0.25, -0.2) is 5.84 Å². The lowest BCUT2D eigenvalue weighted by molar-refractivity contribution is 0.349. The first-order chi connectivity index (χ1) is 12.5. The SMILES string of the molecule is COc1ccc(/C(=C/N)N(N)c2cc(OC)c(OC)cc2OC)cc1O. The number of hydrogen-bond donors (Lipinski definition) is 3. The lowest BCUT2D eigenvalue weighted by Gasteiger charge is -2.25. The summed E-state index contributed by atoms with van der Waals surface area (Å²) in [5, 5.41) is 11.4. The number of ether oxygens (including phenoxy) is 4. The number of rotatable bonds is 7. The molecule has 140 valence electrons. The predicted molar refractivity (Wildman–Crippen MR) is 99.6 cm³/mol. The minimum atomic E-state index is -0.0305. The van der Waals surface area contributed by atoms with E-state index in [1.807, 2.05) is 0 Å². The summed E-state index contributed by atoms with van der Waals surface area (Å²) in [4.78, 5) is 0. The van der Waals surface area contributed by atoms with Crippen LogP contribution in [-0.4, -0.2) is 33.5 Å². The highest BCUT2D eigenvalue weighted by Gasteiger charge is 2.19. The number of phenols is 1. The zero-order chi connectivity index (χ0) is 19.3. The number of anilines is 1. The van der Waals surface area contributed by atoms with E-state index >= 15 is 0 Å². The fraction of sp³-hybridized carbons (Fsp3) is 0.222. The highest BCUT2D eigenvalue weighted by atomic mass is 16.5. The Labute approximate surface area is 152 Å². The van der Waals surface area contributed by atoms with E-state index < -0.39 is 0 Å². The third-order valence-corrected chi connectivity index (χ3v) is 3.84. The van der Waals surface area contributed by atoms with Crippen molar-refractivity contribution in [3.8, 4) is 28.7 Å². The van der Waals surface area contributed by atoms with Crippen LogP contribution in [0.2, 0.25) is 0 Å². The molecule has 0 aromatic heterocycles. The molecule has 0 aliphatic heterocycles. The third kappa shape index (κ3) is 3.55. The predicted octanol–water partition coefficient (Wildman–Crippen LogP) is 2.06. The van der Waals surface area contributed by atoms with Crippen LogP contribution in [-0.2, 0) is 0 Å². The normalized spacial score (nSPS) is 11.0. The molecule has 8 nitrogen and oxygen atoms in total. The van der Waals surface area contributed by atoms with Gasteiger partial charge in [0, 0.05) is 23.9 Å². The molecule has 0 amide bonds. The Balaban J connectivity index is 2.51. The highest BCUT2D eigenvalue weighted by molar-refractivity contribution is 5.82. The van der Waals surface area contributed by atoms with E-state index in [4.69, 9.17) is 30.5 Å². The molecular formula is C18H23N3O5. The van der Waals surface area contributed by atoms with Crippen molar-refractivity contribution in [2.45, 2.75) is 0 Å². The number of methoxy groups -OCH3 is 4. The lowest BCUT2D eigenvalue weighted by atomic mass is 10.1. The Hall–Kier alpha value is -3.26. The second kappa shape index (κ2) is 8.21. The number of hydrogen-bond acceptors (Lipinski definition) is 8. The molecule has 0 bridgehead atoms. The topological polar surface area (TPSA) is 112 Å². The van der Waals surface area contributed by atoms with Gasteiger partial charge in [-0.2, -0.15) is 0 Å². The van der Waals surface area contributed by atoms with Crippen LogP contribution in [0.4, 0.5) is 5.69 Å². The smallest absolute Gasteiger partial charge is 0.164 e. The van der Waals surface area contributed by atoms with Crippen molar-refractivity contribution < 1.29 is 24.1 Å². The summed E-state index contributed by atoms with van der Waals surface area (Å²) in [5.41, 5.74) is 7.31. The van der Waals surface area contributed by atoms with E-state index in [1.165, 1.54) is 45.7 Å². The van der Waals surface area contributed by atoms with Crippen molar-refractivity contribution in [3.63, 3.8) is 0 Å². The molecule has 8 heteroatoms. The zero-order valence-electron chi connectivity index (χ0n) is 15.1. The maximum absolute atomic E-state index is 10.0. The van der Waals surface area contributed by atoms with E-state index in [-0.39, 0.29) is 5.75 Å². The van der Waals surface area contributed by atoms with Crippen LogP contribution in [0.15, 0.2) is 36.5 Å². The Morgan fingerprint density at radius 1 is 0.885 bits per heavy atom. The van der Waals surface area contributed by atoms with Crippen molar-refractivity contribution in [1.82, 2.24) is 0 Å². The molecule has 0 saturated heterocycles. The van der Waals surface area contributed by atoms with Gasteiger partial charge in [-0.05, 0) is 18.2 Å². The monoisotopic (exact) mass is 361 g/mol. The van der Waals surface area contributed by atoms with Crippen molar-refractivity contribution in [3.05, 3.63) is 42.1 Å². The van der Waals surface area contributed by atoms with Gasteiger partial charge in [-0.1, -0.05) is 0 Å². The molecule has 2 rings (SSSR count). The largest absolute Gasteiger partial charge is 0.504 e. The molecular weight excluding hydrogens is 338 g/mol. The maximum Gasteiger partial charge on any atom is 0.164 e. The van der Waals surface area contributed by atoms with Gasteiger partial charge in [0.1, 0.15) is 11.4 Å². The Morgan fingerprint density at radius 3 is 1.96 bits per heavy atom. The number of nitrogens with zero attached hydrogens (tertiary/aromatic N) is 1. The van der Waals surface area contributed by atoms with E-state index in [2.05, 4.69) is 0 Å². The molecule has 26 heavy (non-hydrogen) atoms. The van der Waals surface area contributed by atoms with Gasteiger partial charge in [0.05, 0.1) is 34.1 Å². The standard InChI is InChI=1S/C18H23N3O5/c1-23-15-6-5-11(7-14(15)22)13(10-19)21(20)12-8-17(25-3)18(26-4)9-16(12)24-2/h5-10,22H,19-20H2,1-4H3/b13-10-. The van der Waals surface area contributed by atoms with E-state index in [0.717, 1.165) is 0 Å². The van der Waals surface area contributed by atoms with Gasteiger partial charge in [-0.15, -0.1) is 0 Å². The summed E-state index contributed by atoms with van der Waals surface area (Å²) >= 11 is 0. The Morgan fingerprint density at radius 2 is 1.46 bits per heavy atom. The average molecular weight is 361 g/mol. The second-order valence-electron chi connectivity index (χ2n) is 5.19. The molecule has 0 fully saturated rings. The minimum Gasteiger partial charge on any atom is -0.504 e. The number of nitrogens with two attached hydrogens (primary N) is 2. The first kappa shape index (κ1) is 19.1. The molecule has 0 aliphatic rings. The first-order valence-electron chi connectivity index (χ1n) is 7.64. The molecule has 2 aromatic carbocycles. The average Bonchev–Trinajstić information content (AvgIpc) is 2.67. The van der Waals surface area contributed by atoms with Crippen LogP contribution in [0.25, 0.3) is 5.70 Å². The second-order valence-corrected chi connectivity index (χ2v) is 5.19. The van der Waals surface area contributed by atoms with Crippen LogP contribution >= 0.6 is 0 Å². The zero-order valence-corrected chi connectivity index (χ0v) is 15.1. The Bertz CT molecular complexity index is 808. The van der Waals surface area contributed by atoms with E-state index in [1.54, 1.807) is 24.3 Å². The third-order valence-electron chi connectivity index (χ3n) is 3.84. The summed E-state index contributed by atoms with van der Waals surface area (Å²) in [6, 6.07) is 8.18. The van der Waals surface area contributed by atoms with Gasteiger partial charge in [0.25, 0.3) is 0 Å². The van der Waals surface area contributed by atoms with Crippen LogP contribution in [0.5, 0.6) is 28.7 Å². The first-order valence-corrected chi connectivity index (χ1v) is 7.64. The molecule has 0 heterocycles. The lowest BCUT2D eigenvalue weighted by Crippen LogP contribution is -2.30. The molecule has 2 aromatic rings. The van der Waals surface area contributed by atoms with Gasteiger partial charge in [0.2, 0.25) is 0 Å². The van der Waals surface area contributed by atoms with E-state index in [0.29, 0.717) is 39.9 Å². The molecule has 0 radical (unpaired) electrons. The Kier molecular flexibility index (Phi) is 6.03. The summed E-state index contributed by atoms with van der Waals surface area (Å²) in [5.74, 6) is 8.05. The highest BCUT2D eigenvalue weighted by Crippen LogP contribution is 2.41. The van der Waals surface area contributed by atoms with Gasteiger partial charge >= 0.3 is 0 Å². The molecule has 0 aliphatic carbocycles. The molecule has 5 N–H and O–H groups in total. The van der Waals surface area contributed by atoms with Crippen LogP contribution < -0.4 is 35.5 Å². The van der Waals surface area contributed by atoms with Crippen molar-refractivity contribution in [1.29, 1.82) is 0 Å². The van der Waals surface area contributed by atoms with Crippen LogP contribution in [0.3, 0.4) is 0 Å². The van der Waals surface area contributed by atoms with Crippen molar-refractivity contribution in [2.24, 2.45) is 11.6 Å². The molecule has 0 saturated carbocycles. The number of hydrazine groups is 1. The van der Waals surface area contributed by atoms with Crippen LogP contribution in [0, 0.1) is 0 Å². The minimum absolute atomic E-state index is 0.0305. The number of aromatic hydroxyl groups is 1. The number of phenolic OH excluding ortho intramolecular Hbond substituents is 1. The molecule has 0 atom stereocenters. The van der Waals surface area contributed by atoms with Crippen LogP contribution in [0.1, 0.15) is 5.56 Å². The summed E-state index contributed by atoms with van der Waals surface area (Å²) < 4.78 is 21.1. The number of benzene rings is 2. The summed E-state index contributed by atoms with van der Waals surface area (Å²) in [6.07, 6.45) is 1.33. The van der Waals surface area contributed by atoms with Gasteiger partial charge < -0.3 is 29.8 Å². The van der Waals surface area contributed by atoms with Gasteiger partial charge in [0.15, 0.2) is 23.0 Å². The molecule has 0 unspecified atom stereocenters. The van der Waals surface area contributed by atoms with Crippen molar-refractivity contribution >= 4 is 11.4 Å². The van der Waals surface area contributed by atoms with Crippen molar-refractivity contribution in [2.75, 3.05) is 33.4 Å². The summed E-state index contributed by atoms with van der Waals surface area (Å²) in [7, 11) is 6.04. The molecule has 0 spiro atoms. The fourth-order valence-electron chi connectivity index (χ4n) is 2.50. The van der Waals surface area contributed by atoms with Gasteiger partial charge in [-0.3, -0.25) is 5.01 Å². The maximum atomic E-state index is 10.0. The quantitative estimate of drug-likeness (QED) is 0.507. The summed E-state index contributed by atoms with van der Waals surface area (Å²) in [6.45, 7) is 0. The van der Waals surface area contributed by atoms with E-state index in [9.17, 15) is 5.11 Å². The fourth-order valence-corrected chi connectivity index (χ4v) is 2.50.